The predicted octanol–water partition coefficient (Wildman–Crippen LogP) is 4.55. The van der Waals surface area contributed by atoms with Gasteiger partial charge in [0, 0.05) is 17.9 Å². The molecule has 0 spiro atoms. The van der Waals surface area contributed by atoms with Gasteiger partial charge in [-0.2, -0.15) is 0 Å². The van der Waals surface area contributed by atoms with Gasteiger partial charge < -0.3 is 22.1 Å². The summed E-state index contributed by atoms with van der Waals surface area (Å²) >= 11 is 0. The summed E-state index contributed by atoms with van der Waals surface area (Å²) in [4.78, 5) is 33.1. The summed E-state index contributed by atoms with van der Waals surface area (Å²) in [6.45, 7) is 0. The molecule has 36 heavy (non-hydrogen) atoms. The van der Waals surface area contributed by atoms with Crippen molar-refractivity contribution in [2.45, 2.75) is 51.0 Å². The number of halogens is 1. The zero-order valence-electron chi connectivity index (χ0n) is 20.0. The van der Waals surface area contributed by atoms with Gasteiger partial charge in [-0.05, 0) is 62.3 Å². The molecule has 2 atom stereocenters. The normalized spacial score (nSPS) is 17.4. The molecule has 6 N–H and O–H groups in total. The molecule has 9 heteroatoms. The van der Waals surface area contributed by atoms with Crippen LogP contribution in [0.1, 0.15) is 64.9 Å². The first kappa shape index (κ1) is 25.2. The van der Waals surface area contributed by atoms with Crippen molar-refractivity contribution < 1.29 is 14.0 Å². The fourth-order valence-corrected chi connectivity index (χ4v) is 4.61. The topological polar surface area (TPSA) is 136 Å². The smallest absolute Gasteiger partial charge is 0.257 e. The van der Waals surface area contributed by atoms with E-state index in [1.807, 2.05) is 18.2 Å². The second-order valence-electron chi connectivity index (χ2n) is 9.19. The highest BCUT2D eigenvalue weighted by molar-refractivity contribution is 6.04. The lowest BCUT2D eigenvalue weighted by atomic mass is 9.82. The fraction of sp³-hybridized carbons (Fsp3) is 0.333. The van der Waals surface area contributed by atoms with Crippen LogP contribution in [-0.4, -0.2) is 27.8 Å². The Bertz CT molecular complexity index is 1220. The zero-order chi connectivity index (χ0) is 25.5. The molecule has 1 aliphatic rings. The van der Waals surface area contributed by atoms with E-state index in [1.165, 1.54) is 25.2 Å². The van der Waals surface area contributed by atoms with Gasteiger partial charge in [0.25, 0.3) is 11.8 Å². The molecule has 2 aromatic heterocycles. The monoisotopic (exact) mass is 490 g/mol. The van der Waals surface area contributed by atoms with Gasteiger partial charge in [0.15, 0.2) is 0 Å². The van der Waals surface area contributed by atoms with Crippen molar-refractivity contribution in [3.8, 4) is 0 Å². The van der Waals surface area contributed by atoms with Crippen LogP contribution in [0, 0.1) is 11.7 Å². The van der Waals surface area contributed by atoms with Crippen LogP contribution in [0.25, 0.3) is 0 Å². The fourth-order valence-electron chi connectivity index (χ4n) is 4.61. The highest BCUT2D eigenvalue weighted by Gasteiger charge is 2.22. The average molecular weight is 491 g/mol. The number of carbonyl (C=O) groups excluding carboxylic acids is 2. The Kier molecular flexibility index (Phi) is 8.22. The minimum atomic E-state index is -0.811. The van der Waals surface area contributed by atoms with Crippen LogP contribution in [0.15, 0.2) is 54.9 Å². The van der Waals surface area contributed by atoms with E-state index in [0.29, 0.717) is 29.3 Å². The predicted molar refractivity (Wildman–Crippen MR) is 137 cm³/mol. The number of benzene rings is 1. The Morgan fingerprint density at radius 3 is 2.58 bits per heavy atom. The molecule has 1 aromatic carbocycles. The molecule has 0 saturated heterocycles. The molecule has 4 rings (SSSR count). The third-order valence-corrected chi connectivity index (χ3v) is 6.57. The van der Waals surface area contributed by atoms with Crippen LogP contribution in [-0.2, 0) is 6.42 Å². The standard InChI is InChI=1S/C27H31FN6O2/c28-22-14-21(25(30)35)26(34-24(22)12-6-8-17-7-4-5-11-23(17)29)32-20-13-18(15-31-16-20)27(36)33-19-9-2-1-3-10-19/h1-3,9-10,13-17,23H,4-8,11-12,29H2,(H2,30,35)(H,32,34)(H,33,36)/t17?,23-/m0/s1. The summed E-state index contributed by atoms with van der Waals surface area (Å²) in [6.07, 6.45) is 9.47. The minimum absolute atomic E-state index is 0.0790. The summed E-state index contributed by atoms with van der Waals surface area (Å²) in [5.74, 6) is -1.16. The van der Waals surface area contributed by atoms with E-state index in [2.05, 4.69) is 20.6 Å². The van der Waals surface area contributed by atoms with Gasteiger partial charge in [-0.1, -0.05) is 31.0 Å². The van der Waals surface area contributed by atoms with E-state index in [4.69, 9.17) is 11.5 Å². The molecule has 1 unspecified atom stereocenters. The lowest BCUT2D eigenvalue weighted by molar-refractivity contribution is 0.0997. The first-order chi connectivity index (χ1) is 17.4. The van der Waals surface area contributed by atoms with Gasteiger partial charge in [-0.25, -0.2) is 9.37 Å². The largest absolute Gasteiger partial charge is 0.365 e. The molecule has 1 fully saturated rings. The van der Waals surface area contributed by atoms with E-state index in [-0.39, 0.29) is 29.0 Å². The van der Waals surface area contributed by atoms with Crippen molar-refractivity contribution in [3.63, 3.8) is 0 Å². The maximum absolute atomic E-state index is 14.8. The van der Waals surface area contributed by atoms with Crippen LogP contribution in [0.2, 0.25) is 0 Å². The lowest BCUT2D eigenvalue weighted by Crippen LogP contribution is -2.33. The number of primary amides is 1. The second-order valence-corrected chi connectivity index (χ2v) is 9.19. The van der Waals surface area contributed by atoms with Crippen molar-refractivity contribution in [1.29, 1.82) is 0 Å². The van der Waals surface area contributed by atoms with Gasteiger partial charge in [0.05, 0.1) is 28.7 Å². The van der Waals surface area contributed by atoms with E-state index < -0.39 is 11.7 Å². The summed E-state index contributed by atoms with van der Waals surface area (Å²) in [5, 5.41) is 5.78. The minimum Gasteiger partial charge on any atom is -0.365 e. The van der Waals surface area contributed by atoms with Crippen molar-refractivity contribution >= 4 is 29.0 Å². The number of amides is 2. The number of aromatic nitrogens is 2. The third-order valence-electron chi connectivity index (χ3n) is 6.57. The van der Waals surface area contributed by atoms with Gasteiger partial charge >= 0.3 is 0 Å². The number of aryl methyl sites for hydroxylation is 1. The van der Waals surface area contributed by atoms with Crippen LogP contribution in [0.4, 0.5) is 21.6 Å². The van der Waals surface area contributed by atoms with E-state index in [9.17, 15) is 14.0 Å². The highest BCUT2D eigenvalue weighted by Crippen LogP contribution is 2.28. The van der Waals surface area contributed by atoms with Crippen LogP contribution >= 0.6 is 0 Å². The van der Waals surface area contributed by atoms with Crippen molar-refractivity contribution in [1.82, 2.24) is 9.97 Å². The Morgan fingerprint density at radius 1 is 1.06 bits per heavy atom. The molecule has 0 bridgehead atoms. The van der Waals surface area contributed by atoms with Gasteiger partial charge in [0.2, 0.25) is 0 Å². The molecular formula is C27H31FN6O2. The van der Waals surface area contributed by atoms with Crippen molar-refractivity contribution in [3.05, 3.63) is 77.5 Å². The van der Waals surface area contributed by atoms with Crippen LogP contribution in [0.5, 0.6) is 0 Å². The van der Waals surface area contributed by atoms with Gasteiger partial charge in [-0.3, -0.25) is 14.6 Å². The number of hydrogen-bond donors (Lipinski definition) is 4. The number of rotatable bonds is 9. The number of nitrogens with one attached hydrogen (secondary N) is 2. The number of hydrogen-bond acceptors (Lipinski definition) is 6. The molecule has 1 aliphatic carbocycles. The summed E-state index contributed by atoms with van der Waals surface area (Å²) < 4.78 is 14.8. The number of pyridine rings is 2. The number of carbonyl (C=O) groups is 2. The summed E-state index contributed by atoms with van der Waals surface area (Å²) in [5.41, 5.74) is 13.3. The zero-order valence-corrected chi connectivity index (χ0v) is 20.0. The number of anilines is 3. The summed E-state index contributed by atoms with van der Waals surface area (Å²) in [6, 6.07) is 11.9. The quantitative estimate of drug-likeness (QED) is 0.347. The van der Waals surface area contributed by atoms with Crippen LogP contribution in [0.3, 0.4) is 0 Å². The van der Waals surface area contributed by atoms with Crippen LogP contribution < -0.4 is 22.1 Å². The molecule has 1 saturated carbocycles. The first-order valence-electron chi connectivity index (χ1n) is 12.2. The van der Waals surface area contributed by atoms with E-state index >= 15 is 0 Å². The Balaban J connectivity index is 1.49. The molecular weight excluding hydrogens is 459 g/mol. The molecule has 0 aliphatic heterocycles. The van der Waals surface area contributed by atoms with Gasteiger partial charge in [0.1, 0.15) is 11.6 Å². The van der Waals surface area contributed by atoms with E-state index in [0.717, 1.165) is 31.7 Å². The Hall–Kier alpha value is -3.85. The number of para-hydroxylation sites is 1. The highest BCUT2D eigenvalue weighted by atomic mass is 19.1. The Morgan fingerprint density at radius 2 is 1.83 bits per heavy atom. The lowest BCUT2D eigenvalue weighted by Gasteiger charge is -2.28. The molecule has 0 radical (unpaired) electrons. The first-order valence-corrected chi connectivity index (χ1v) is 12.2. The number of nitrogens with two attached hydrogens (primary N) is 2. The molecule has 8 nitrogen and oxygen atoms in total. The number of nitrogens with zero attached hydrogens (tertiary/aromatic N) is 2. The third kappa shape index (κ3) is 6.42. The summed E-state index contributed by atoms with van der Waals surface area (Å²) in [7, 11) is 0. The van der Waals surface area contributed by atoms with E-state index in [1.54, 1.807) is 18.2 Å². The SMILES string of the molecule is NC(=O)c1cc(F)c(CCCC2CCCC[C@@H]2N)nc1Nc1cncc(C(=O)Nc2ccccc2)c1. The van der Waals surface area contributed by atoms with Crippen molar-refractivity contribution in [2.75, 3.05) is 10.6 Å². The van der Waals surface area contributed by atoms with Crippen molar-refractivity contribution in [2.24, 2.45) is 17.4 Å². The second kappa shape index (κ2) is 11.7. The molecule has 2 amide bonds. The molecule has 3 aromatic rings. The van der Waals surface area contributed by atoms with Gasteiger partial charge in [-0.15, -0.1) is 0 Å². The maximum atomic E-state index is 14.8. The molecule has 188 valence electrons. The molecule has 2 heterocycles. The Labute approximate surface area is 209 Å². The average Bonchev–Trinajstić information content (AvgIpc) is 2.87. The maximum Gasteiger partial charge on any atom is 0.257 e.